The lowest BCUT2D eigenvalue weighted by Crippen LogP contribution is -2.18. The van der Waals surface area contributed by atoms with E-state index in [0.717, 1.165) is 4.90 Å². The number of hydrogen-bond donors (Lipinski definition) is 1. The van der Waals surface area contributed by atoms with Crippen molar-refractivity contribution in [2.75, 3.05) is 14.1 Å². The average molecular weight is 217 g/mol. The van der Waals surface area contributed by atoms with Crippen LogP contribution in [0.5, 0.6) is 0 Å². The molecule has 3 nitrogen and oxygen atoms in total. The number of amides is 1. The van der Waals surface area contributed by atoms with Gasteiger partial charge in [-0.3, -0.25) is 0 Å². The molecule has 0 atom stereocenters. The minimum atomic E-state index is -0.907. The van der Waals surface area contributed by atoms with Crippen molar-refractivity contribution in [2.24, 2.45) is 0 Å². The molecule has 0 radical (unpaired) electrons. The summed E-state index contributed by atoms with van der Waals surface area (Å²) in [5.74, 6) is 0. The lowest BCUT2D eigenvalue weighted by molar-refractivity contribution is 0.165. The molecular formula is C12H27NO2. The first-order valence-corrected chi connectivity index (χ1v) is 5.96. The van der Waals surface area contributed by atoms with Crippen LogP contribution in [0.15, 0.2) is 0 Å². The summed E-state index contributed by atoms with van der Waals surface area (Å²) >= 11 is 0. The molecule has 1 N–H and O–H groups in total. The summed E-state index contributed by atoms with van der Waals surface area (Å²) in [6.45, 7) is 4.53. The first kappa shape index (κ1) is 16.7. The van der Waals surface area contributed by atoms with Crippen molar-refractivity contribution in [1.82, 2.24) is 4.90 Å². The zero-order valence-electron chi connectivity index (χ0n) is 10.8. The number of rotatable bonds is 6. The highest BCUT2D eigenvalue weighted by Crippen LogP contribution is 2.05. The fraction of sp³-hybridized carbons (Fsp3) is 0.917. The van der Waals surface area contributed by atoms with Gasteiger partial charge in [0.25, 0.3) is 0 Å². The molecule has 1 amide bonds. The number of carbonyl (C=O) groups is 1. The summed E-state index contributed by atoms with van der Waals surface area (Å²) in [5, 5.41) is 7.92. The maximum absolute atomic E-state index is 9.62. The fourth-order valence-corrected chi connectivity index (χ4v) is 1.03. The van der Waals surface area contributed by atoms with Gasteiger partial charge in [-0.1, -0.05) is 58.8 Å². The topological polar surface area (TPSA) is 40.5 Å². The maximum Gasteiger partial charge on any atom is 0.406 e. The number of carboxylic acid groups (broad SMARTS) is 1. The average Bonchev–Trinajstić information content (AvgIpc) is 2.18. The zero-order valence-corrected chi connectivity index (χ0v) is 10.8. The lowest BCUT2D eigenvalue weighted by atomic mass is 10.1. The van der Waals surface area contributed by atoms with E-state index in [-0.39, 0.29) is 0 Å². The summed E-state index contributed by atoms with van der Waals surface area (Å²) in [6.07, 6.45) is 9.07. The van der Waals surface area contributed by atoms with Crippen LogP contribution in [0, 0.1) is 0 Å². The SMILES string of the molecule is CCCCCCCCC.CN(C)C(=O)O. The Labute approximate surface area is 94.5 Å². The lowest BCUT2D eigenvalue weighted by Gasteiger charge is -1.99. The van der Waals surface area contributed by atoms with Gasteiger partial charge < -0.3 is 10.0 Å². The molecule has 92 valence electrons. The molecule has 0 saturated carbocycles. The van der Waals surface area contributed by atoms with Gasteiger partial charge in [0.05, 0.1) is 0 Å². The second-order valence-electron chi connectivity index (χ2n) is 3.94. The van der Waals surface area contributed by atoms with Crippen LogP contribution in [0.1, 0.15) is 58.8 Å². The monoisotopic (exact) mass is 217 g/mol. The van der Waals surface area contributed by atoms with Crippen molar-refractivity contribution in [3.63, 3.8) is 0 Å². The van der Waals surface area contributed by atoms with E-state index in [1.807, 2.05) is 0 Å². The van der Waals surface area contributed by atoms with Gasteiger partial charge in [0.1, 0.15) is 0 Å². The summed E-state index contributed by atoms with van der Waals surface area (Å²) in [6, 6.07) is 0. The Kier molecular flexibility index (Phi) is 14.8. The Bertz CT molecular complexity index is 130. The molecule has 0 aliphatic carbocycles. The highest BCUT2D eigenvalue weighted by Gasteiger charge is 1.92. The van der Waals surface area contributed by atoms with Gasteiger partial charge in [0.2, 0.25) is 0 Å². The summed E-state index contributed by atoms with van der Waals surface area (Å²) in [4.78, 5) is 10.7. The molecule has 0 unspecified atom stereocenters. The molecule has 0 spiro atoms. The minimum absolute atomic E-state index is 0.907. The van der Waals surface area contributed by atoms with Gasteiger partial charge >= 0.3 is 6.09 Å². The molecule has 0 aromatic rings. The molecule has 0 aliphatic rings. The highest BCUT2D eigenvalue weighted by molar-refractivity contribution is 5.63. The number of hydrogen-bond acceptors (Lipinski definition) is 1. The van der Waals surface area contributed by atoms with Crippen molar-refractivity contribution < 1.29 is 9.90 Å². The molecule has 0 aliphatic heterocycles. The van der Waals surface area contributed by atoms with Gasteiger partial charge in [-0.15, -0.1) is 0 Å². The zero-order chi connectivity index (χ0) is 12.1. The van der Waals surface area contributed by atoms with E-state index >= 15 is 0 Å². The highest BCUT2D eigenvalue weighted by atomic mass is 16.4. The van der Waals surface area contributed by atoms with Crippen LogP contribution in [-0.2, 0) is 0 Å². The first-order valence-electron chi connectivity index (χ1n) is 5.96. The maximum atomic E-state index is 9.62. The first-order chi connectivity index (χ1) is 7.06. The molecule has 0 fully saturated rings. The Hall–Kier alpha value is -0.730. The summed E-state index contributed by atoms with van der Waals surface area (Å²) in [5.41, 5.74) is 0. The van der Waals surface area contributed by atoms with Crippen LogP contribution in [0.25, 0.3) is 0 Å². The second kappa shape index (κ2) is 13.3. The van der Waals surface area contributed by atoms with E-state index in [2.05, 4.69) is 13.8 Å². The largest absolute Gasteiger partial charge is 0.465 e. The van der Waals surface area contributed by atoms with Gasteiger partial charge in [0.15, 0.2) is 0 Å². The molecule has 0 bridgehead atoms. The van der Waals surface area contributed by atoms with Crippen LogP contribution in [0.2, 0.25) is 0 Å². The minimum Gasteiger partial charge on any atom is -0.465 e. The molecule has 0 aromatic carbocycles. The van der Waals surface area contributed by atoms with Crippen molar-refractivity contribution in [3.8, 4) is 0 Å². The van der Waals surface area contributed by atoms with Crippen LogP contribution >= 0.6 is 0 Å². The third kappa shape index (κ3) is 19.6. The quantitative estimate of drug-likeness (QED) is 0.683. The molecule has 15 heavy (non-hydrogen) atoms. The van der Waals surface area contributed by atoms with Crippen molar-refractivity contribution in [1.29, 1.82) is 0 Å². The normalized spacial score (nSPS) is 9.07. The Morgan fingerprint density at radius 1 is 0.933 bits per heavy atom. The summed E-state index contributed by atoms with van der Waals surface area (Å²) in [7, 11) is 2.95. The van der Waals surface area contributed by atoms with Gasteiger partial charge in [-0.25, -0.2) is 4.79 Å². The van der Waals surface area contributed by atoms with Gasteiger partial charge in [-0.2, -0.15) is 0 Å². The van der Waals surface area contributed by atoms with E-state index in [1.165, 1.54) is 59.0 Å². The molecule has 0 aromatic heterocycles. The van der Waals surface area contributed by atoms with Crippen molar-refractivity contribution in [2.45, 2.75) is 58.8 Å². The van der Waals surface area contributed by atoms with Crippen LogP contribution in [0.4, 0.5) is 4.79 Å². The summed E-state index contributed by atoms with van der Waals surface area (Å²) < 4.78 is 0. The Morgan fingerprint density at radius 3 is 1.40 bits per heavy atom. The molecule has 3 heteroatoms. The van der Waals surface area contributed by atoms with Gasteiger partial charge in [-0.05, 0) is 0 Å². The third-order valence-electron chi connectivity index (χ3n) is 2.09. The Morgan fingerprint density at radius 2 is 1.20 bits per heavy atom. The molecule has 0 rings (SSSR count). The number of nitrogens with zero attached hydrogens (tertiary/aromatic N) is 1. The predicted octanol–water partition coefficient (Wildman–Crippen LogP) is 3.98. The number of unbranched alkanes of at least 4 members (excludes halogenated alkanes) is 6. The van der Waals surface area contributed by atoms with E-state index < -0.39 is 6.09 Å². The fourth-order valence-electron chi connectivity index (χ4n) is 1.03. The van der Waals surface area contributed by atoms with Crippen LogP contribution in [0.3, 0.4) is 0 Å². The molecule has 0 heterocycles. The smallest absolute Gasteiger partial charge is 0.406 e. The molecule has 0 saturated heterocycles. The Balaban J connectivity index is 0. The predicted molar refractivity (Wildman–Crippen MR) is 65.4 cm³/mol. The third-order valence-corrected chi connectivity index (χ3v) is 2.09. The van der Waals surface area contributed by atoms with Crippen molar-refractivity contribution >= 4 is 6.09 Å². The van der Waals surface area contributed by atoms with E-state index in [1.54, 1.807) is 0 Å². The molecular weight excluding hydrogens is 190 g/mol. The van der Waals surface area contributed by atoms with Gasteiger partial charge in [0, 0.05) is 14.1 Å². The van der Waals surface area contributed by atoms with E-state index in [4.69, 9.17) is 5.11 Å². The standard InChI is InChI=1S/C9H20.C3H7NO2/c1-3-5-7-9-8-6-4-2;1-4(2)3(5)6/h3-9H2,1-2H3;1-2H3,(H,5,6). The van der Waals surface area contributed by atoms with E-state index in [0.29, 0.717) is 0 Å². The second-order valence-corrected chi connectivity index (χ2v) is 3.94. The van der Waals surface area contributed by atoms with Crippen LogP contribution in [-0.4, -0.2) is 30.2 Å². The van der Waals surface area contributed by atoms with Crippen molar-refractivity contribution in [3.05, 3.63) is 0 Å². The van der Waals surface area contributed by atoms with Crippen LogP contribution < -0.4 is 0 Å². The van der Waals surface area contributed by atoms with E-state index in [9.17, 15) is 4.79 Å².